The van der Waals surface area contributed by atoms with Crippen LogP contribution < -0.4 is 15.3 Å². The number of nitrogens with zero attached hydrogens (tertiary/aromatic N) is 2. The number of benzene rings is 2. The maximum absolute atomic E-state index is 12.9. The van der Waals surface area contributed by atoms with Crippen LogP contribution in [0.3, 0.4) is 0 Å². The van der Waals surface area contributed by atoms with Gasteiger partial charge in [-0.2, -0.15) is 0 Å². The van der Waals surface area contributed by atoms with Crippen LogP contribution in [-0.4, -0.2) is 29.5 Å². The molecule has 0 aliphatic carbocycles. The van der Waals surface area contributed by atoms with Gasteiger partial charge in [0.25, 0.3) is 11.8 Å². The topological polar surface area (TPSA) is 102 Å². The van der Waals surface area contributed by atoms with Gasteiger partial charge in [0.05, 0.1) is 34.4 Å². The molecule has 2 heterocycles. The van der Waals surface area contributed by atoms with Gasteiger partial charge in [0.2, 0.25) is 0 Å². The summed E-state index contributed by atoms with van der Waals surface area (Å²) in [5.74, 6) is -2.35. The normalized spacial score (nSPS) is 19.7. The number of rotatable bonds is 3. The summed E-state index contributed by atoms with van der Waals surface area (Å²) in [6.07, 6.45) is 0. The molecule has 4 rings (SSSR count). The van der Waals surface area contributed by atoms with E-state index < -0.39 is 24.3 Å². The number of hydrogen-bond donors (Lipinski definition) is 1. The number of aliphatic imine (C=N–C) groups is 1. The molecule has 1 fully saturated rings. The van der Waals surface area contributed by atoms with E-state index in [1.807, 2.05) is 32.0 Å². The number of carbonyl (C=O) groups excluding carboxylic acids is 3. The summed E-state index contributed by atoms with van der Waals surface area (Å²) >= 11 is 1.07. The van der Waals surface area contributed by atoms with Crippen LogP contribution in [0.1, 0.15) is 16.7 Å². The molecule has 0 aromatic heterocycles. The highest BCUT2D eigenvalue weighted by Crippen LogP contribution is 2.42. The van der Waals surface area contributed by atoms with Crippen LogP contribution in [0.15, 0.2) is 52.4 Å². The molecule has 0 saturated carbocycles. The van der Waals surface area contributed by atoms with Gasteiger partial charge in [0, 0.05) is 5.56 Å². The number of carbonyl (C=O) groups is 3. The average Bonchev–Trinajstić information content (AvgIpc) is 3.16. The maximum atomic E-state index is 12.9. The number of amidine groups is 1. The number of anilines is 1. The minimum Gasteiger partial charge on any atom is -0.548 e. The van der Waals surface area contributed by atoms with Crippen LogP contribution >= 0.6 is 11.8 Å². The molecule has 0 radical (unpaired) electrons. The first kappa shape index (κ1) is 18.9. The van der Waals surface area contributed by atoms with E-state index in [1.54, 1.807) is 24.3 Å². The first-order valence-corrected chi connectivity index (χ1v) is 9.68. The molecule has 8 heteroatoms. The lowest BCUT2D eigenvalue weighted by Crippen LogP contribution is -2.39. The van der Waals surface area contributed by atoms with Crippen molar-refractivity contribution in [3.8, 4) is 0 Å². The molecule has 0 bridgehead atoms. The van der Waals surface area contributed by atoms with E-state index in [2.05, 4.69) is 10.3 Å². The van der Waals surface area contributed by atoms with E-state index in [0.29, 0.717) is 16.4 Å². The fraction of sp³-hybridized carbons (Fsp3) is 0.143. The van der Waals surface area contributed by atoms with E-state index in [9.17, 15) is 19.5 Å². The fourth-order valence-corrected chi connectivity index (χ4v) is 4.21. The molecule has 0 spiro atoms. The summed E-state index contributed by atoms with van der Waals surface area (Å²) in [5.41, 5.74) is 3.95. The lowest BCUT2D eigenvalue weighted by atomic mass is 10.1. The Labute approximate surface area is 171 Å². The number of carboxylic acids is 1. The van der Waals surface area contributed by atoms with Crippen molar-refractivity contribution in [2.75, 3.05) is 11.4 Å². The standard InChI is InChI=1S/C21H17N3O4S/c1-11-6-5-8-14(12(11)2)22-21-23-19(27)18(29-21)17-13-7-3-4-9-15(13)24(20(17)28)10-16(25)26/h3-9H,10H2,1-2H3,(H,25,26)(H,22,23,27)/p-1/b18-17-. The van der Waals surface area contributed by atoms with E-state index in [-0.39, 0.29) is 10.5 Å². The Hall–Kier alpha value is -3.39. The van der Waals surface area contributed by atoms with Gasteiger partial charge < -0.3 is 20.1 Å². The summed E-state index contributed by atoms with van der Waals surface area (Å²) in [4.78, 5) is 42.5. The zero-order valence-electron chi connectivity index (χ0n) is 15.7. The SMILES string of the molecule is Cc1cccc(N=C2NC(=O)/C(=C3/C(=O)N(CC(=O)[O-])c4ccccc43)S2)c1C. The van der Waals surface area contributed by atoms with Crippen LogP contribution in [0.25, 0.3) is 5.57 Å². The van der Waals surface area contributed by atoms with Gasteiger partial charge in [0.1, 0.15) is 0 Å². The average molecular weight is 406 g/mol. The first-order valence-electron chi connectivity index (χ1n) is 8.86. The van der Waals surface area contributed by atoms with Crippen molar-refractivity contribution in [2.45, 2.75) is 13.8 Å². The van der Waals surface area contributed by atoms with Gasteiger partial charge in [-0.15, -0.1) is 0 Å². The van der Waals surface area contributed by atoms with Gasteiger partial charge >= 0.3 is 0 Å². The van der Waals surface area contributed by atoms with Crippen molar-refractivity contribution in [1.82, 2.24) is 5.32 Å². The van der Waals surface area contributed by atoms with Crippen LogP contribution in [0, 0.1) is 13.8 Å². The van der Waals surface area contributed by atoms with E-state index >= 15 is 0 Å². The van der Waals surface area contributed by atoms with Crippen LogP contribution in [-0.2, 0) is 14.4 Å². The number of aliphatic carboxylic acids is 1. The van der Waals surface area contributed by atoms with Gasteiger partial charge in [-0.25, -0.2) is 4.99 Å². The third-order valence-electron chi connectivity index (χ3n) is 4.86. The van der Waals surface area contributed by atoms with Crippen LogP contribution in [0.5, 0.6) is 0 Å². The molecule has 2 aliphatic heterocycles. The van der Waals surface area contributed by atoms with Crippen molar-refractivity contribution in [1.29, 1.82) is 0 Å². The van der Waals surface area contributed by atoms with Gasteiger partial charge in [-0.05, 0) is 48.9 Å². The second-order valence-corrected chi connectivity index (χ2v) is 7.68. The minimum absolute atomic E-state index is 0.176. The minimum atomic E-state index is -1.37. The maximum Gasteiger partial charge on any atom is 0.264 e. The molecule has 29 heavy (non-hydrogen) atoms. The molecule has 146 valence electrons. The lowest BCUT2D eigenvalue weighted by Gasteiger charge is -2.17. The lowest BCUT2D eigenvalue weighted by molar-refractivity contribution is -0.303. The number of fused-ring (bicyclic) bond motifs is 1. The highest BCUT2D eigenvalue weighted by Gasteiger charge is 2.39. The Morgan fingerprint density at radius 2 is 1.90 bits per heavy atom. The van der Waals surface area contributed by atoms with E-state index in [0.717, 1.165) is 33.5 Å². The number of amides is 2. The Bertz CT molecular complexity index is 1140. The Morgan fingerprint density at radius 3 is 2.66 bits per heavy atom. The molecule has 0 unspecified atom stereocenters. The highest BCUT2D eigenvalue weighted by molar-refractivity contribution is 8.18. The number of aryl methyl sites for hydroxylation is 1. The second kappa shape index (κ2) is 7.21. The van der Waals surface area contributed by atoms with E-state index in [1.165, 1.54) is 0 Å². The van der Waals surface area contributed by atoms with Crippen molar-refractivity contribution >= 4 is 51.7 Å². The third kappa shape index (κ3) is 3.31. The summed E-state index contributed by atoms with van der Waals surface area (Å²) in [6.45, 7) is 3.35. The highest BCUT2D eigenvalue weighted by atomic mass is 32.2. The molecule has 2 aliphatic rings. The molecule has 0 atom stereocenters. The molecular formula is C21H16N3O4S-. The van der Waals surface area contributed by atoms with E-state index in [4.69, 9.17) is 0 Å². The Balaban J connectivity index is 1.77. The van der Waals surface area contributed by atoms with Crippen LogP contribution in [0.2, 0.25) is 0 Å². The monoisotopic (exact) mass is 406 g/mol. The molecule has 7 nitrogen and oxygen atoms in total. The molecule has 2 amide bonds. The smallest absolute Gasteiger partial charge is 0.264 e. The summed E-state index contributed by atoms with van der Waals surface area (Å²) < 4.78 is 0. The van der Waals surface area contributed by atoms with Crippen molar-refractivity contribution in [3.05, 3.63) is 64.1 Å². The quantitative estimate of drug-likeness (QED) is 0.781. The predicted octanol–water partition coefficient (Wildman–Crippen LogP) is 1.66. The Kier molecular flexibility index (Phi) is 4.71. The number of nitrogens with one attached hydrogen (secondary N) is 1. The van der Waals surface area contributed by atoms with Gasteiger partial charge in [-0.3, -0.25) is 9.59 Å². The first-order chi connectivity index (χ1) is 13.9. The van der Waals surface area contributed by atoms with Crippen LogP contribution in [0.4, 0.5) is 11.4 Å². The number of thioether (sulfide) groups is 1. The molecule has 2 aromatic rings. The van der Waals surface area contributed by atoms with Crippen molar-refractivity contribution in [3.63, 3.8) is 0 Å². The summed E-state index contributed by atoms with van der Waals surface area (Å²) in [5, 5.41) is 14.2. The molecule has 2 aromatic carbocycles. The zero-order valence-corrected chi connectivity index (χ0v) is 16.5. The molecule has 1 saturated heterocycles. The van der Waals surface area contributed by atoms with Crippen molar-refractivity contribution in [2.24, 2.45) is 4.99 Å². The van der Waals surface area contributed by atoms with Gasteiger partial charge in [-0.1, -0.05) is 30.3 Å². The third-order valence-corrected chi connectivity index (χ3v) is 5.84. The number of carboxylic acid groups (broad SMARTS) is 1. The Morgan fingerprint density at radius 1 is 1.14 bits per heavy atom. The molecular weight excluding hydrogens is 390 g/mol. The summed E-state index contributed by atoms with van der Waals surface area (Å²) in [7, 11) is 0. The fourth-order valence-electron chi connectivity index (χ4n) is 3.29. The largest absolute Gasteiger partial charge is 0.548 e. The predicted molar refractivity (Wildman–Crippen MR) is 109 cm³/mol. The number of para-hydroxylation sites is 1. The summed E-state index contributed by atoms with van der Waals surface area (Å²) in [6, 6.07) is 12.5. The van der Waals surface area contributed by atoms with Gasteiger partial charge in [0.15, 0.2) is 5.17 Å². The molecule has 1 N–H and O–H groups in total. The zero-order chi connectivity index (χ0) is 20.7. The number of hydrogen-bond acceptors (Lipinski definition) is 6. The van der Waals surface area contributed by atoms with Crippen molar-refractivity contribution < 1.29 is 19.5 Å². The second-order valence-electron chi connectivity index (χ2n) is 6.68.